The summed E-state index contributed by atoms with van der Waals surface area (Å²) in [5, 5.41) is 15.9. The Morgan fingerprint density at radius 3 is 2.89 bits per heavy atom. The molecule has 7 heteroatoms. The molecule has 2 aromatic rings. The average Bonchev–Trinajstić information content (AvgIpc) is 2.69. The first-order valence-electron chi connectivity index (χ1n) is 5.31. The Balaban J connectivity index is 2.32. The number of anilines is 2. The maximum Gasteiger partial charge on any atom is 0.278 e. The van der Waals surface area contributed by atoms with E-state index in [9.17, 15) is 4.79 Å². The first kappa shape index (κ1) is 12.9. The number of nitrogens with one attached hydrogen (secondary N) is 1. The monoisotopic (exact) mass is 275 g/mol. The van der Waals surface area contributed by atoms with Crippen molar-refractivity contribution in [3.8, 4) is 6.07 Å². The molecular formula is C12H10ClN5O. The van der Waals surface area contributed by atoms with E-state index in [1.165, 1.54) is 23.0 Å². The zero-order chi connectivity index (χ0) is 14.0. The van der Waals surface area contributed by atoms with E-state index in [1.807, 2.05) is 6.07 Å². The highest BCUT2D eigenvalue weighted by molar-refractivity contribution is 6.31. The standard InChI is InChI=1S/C12H10ClN5O/c1-18-6-9(15)11(17-18)12(19)16-10-4-8(13)3-2-7(10)5-14/h2-4,6H,15H2,1H3,(H,16,19). The predicted molar refractivity (Wildman–Crippen MR) is 71.7 cm³/mol. The number of carbonyl (C=O) groups is 1. The first-order valence-corrected chi connectivity index (χ1v) is 5.69. The predicted octanol–water partition coefficient (Wildman–Crippen LogP) is 1.78. The summed E-state index contributed by atoms with van der Waals surface area (Å²) in [6.45, 7) is 0. The van der Waals surface area contributed by atoms with Gasteiger partial charge in [-0.2, -0.15) is 10.4 Å². The lowest BCUT2D eigenvalue weighted by atomic mass is 10.2. The number of nitrogens with two attached hydrogens (primary N) is 1. The van der Waals surface area contributed by atoms with E-state index in [0.29, 0.717) is 16.3 Å². The molecule has 6 nitrogen and oxygen atoms in total. The van der Waals surface area contributed by atoms with Crippen LogP contribution in [0.1, 0.15) is 16.1 Å². The average molecular weight is 276 g/mol. The van der Waals surface area contributed by atoms with Gasteiger partial charge in [-0.05, 0) is 18.2 Å². The molecule has 0 bridgehead atoms. The lowest BCUT2D eigenvalue weighted by molar-refractivity contribution is 0.102. The van der Waals surface area contributed by atoms with E-state index < -0.39 is 5.91 Å². The molecule has 0 saturated carbocycles. The number of carbonyl (C=O) groups excluding carboxylic acids is 1. The van der Waals surface area contributed by atoms with Crippen molar-refractivity contribution in [2.75, 3.05) is 11.1 Å². The molecule has 0 atom stereocenters. The van der Waals surface area contributed by atoms with Crippen LogP contribution >= 0.6 is 11.6 Å². The van der Waals surface area contributed by atoms with E-state index in [2.05, 4.69) is 10.4 Å². The maximum atomic E-state index is 12.0. The zero-order valence-corrected chi connectivity index (χ0v) is 10.8. The summed E-state index contributed by atoms with van der Waals surface area (Å²) in [7, 11) is 1.66. The second kappa shape index (κ2) is 5.00. The molecule has 3 N–H and O–H groups in total. The molecule has 96 valence electrons. The second-order valence-corrected chi connectivity index (χ2v) is 4.30. The molecule has 0 radical (unpaired) electrons. The van der Waals surface area contributed by atoms with Crippen LogP contribution in [0.25, 0.3) is 0 Å². The highest BCUT2D eigenvalue weighted by Crippen LogP contribution is 2.21. The number of nitriles is 1. The van der Waals surface area contributed by atoms with Crippen LogP contribution in [-0.2, 0) is 7.05 Å². The van der Waals surface area contributed by atoms with Crippen LogP contribution in [0.2, 0.25) is 5.02 Å². The number of rotatable bonds is 2. The van der Waals surface area contributed by atoms with Gasteiger partial charge in [0.1, 0.15) is 6.07 Å². The van der Waals surface area contributed by atoms with Crippen LogP contribution in [-0.4, -0.2) is 15.7 Å². The quantitative estimate of drug-likeness (QED) is 0.873. The summed E-state index contributed by atoms with van der Waals surface area (Å²) in [6, 6.07) is 6.57. The number of aromatic nitrogens is 2. The van der Waals surface area contributed by atoms with Crippen molar-refractivity contribution >= 4 is 28.9 Å². The van der Waals surface area contributed by atoms with Crippen LogP contribution < -0.4 is 11.1 Å². The Bertz CT molecular complexity index is 686. The molecule has 0 aliphatic carbocycles. The van der Waals surface area contributed by atoms with E-state index >= 15 is 0 Å². The number of nitrogen functional groups attached to an aromatic ring is 1. The topological polar surface area (TPSA) is 96.7 Å². The molecule has 0 aliphatic heterocycles. The summed E-state index contributed by atoms with van der Waals surface area (Å²) in [5.74, 6) is -0.489. The van der Waals surface area contributed by atoms with Crippen molar-refractivity contribution in [3.05, 3.63) is 40.7 Å². The third-order valence-corrected chi connectivity index (χ3v) is 2.66. The normalized spacial score (nSPS) is 9.95. The van der Waals surface area contributed by atoms with Gasteiger partial charge in [0.05, 0.1) is 16.9 Å². The number of halogens is 1. The Labute approximate surface area is 114 Å². The van der Waals surface area contributed by atoms with E-state index in [1.54, 1.807) is 13.1 Å². The molecule has 0 aliphatic rings. The van der Waals surface area contributed by atoms with Gasteiger partial charge in [-0.1, -0.05) is 11.6 Å². The summed E-state index contributed by atoms with van der Waals surface area (Å²) < 4.78 is 1.44. The Kier molecular flexibility index (Phi) is 3.40. The van der Waals surface area contributed by atoms with E-state index in [0.717, 1.165) is 0 Å². The fraction of sp³-hybridized carbons (Fsp3) is 0.0833. The van der Waals surface area contributed by atoms with Gasteiger partial charge in [-0.15, -0.1) is 0 Å². The highest BCUT2D eigenvalue weighted by atomic mass is 35.5. The first-order chi connectivity index (χ1) is 9.01. The minimum atomic E-state index is -0.489. The molecule has 0 unspecified atom stereocenters. The zero-order valence-electron chi connectivity index (χ0n) is 10.0. The molecular weight excluding hydrogens is 266 g/mol. The van der Waals surface area contributed by atoms with Gasteiger partial charge < -0.3 is 11.1 Å². The summed E-state index contributed by atoms with van der Waals surface area (Å²) >= 11 is 5.83. The number of hydrogen-bond donors (Lipinski definition) is 2. The number of benzene rings is 1. The van der Waals surface area contributed by atoms with Crippen molar-refractivity contribution in [3.63, 3.8) is 0 Å². The minimum Gasteiger partial charge on any atom is -0.396 e. The molecule has 0 spiro atoms. The largest absolute Gasteiger partial charge is 0.396 e. The van der Waals surface area contributed by atoms with Crippen LogP contribution in [0.5, 0.6) is 0 Å². The number of hydrogen-bond acceptors (Lipinski definition) is 4. The smallest absolute Gasteiger partial charge is 0.278 e. The van der Waals surface area contributed by atoms with Crippen LogP contribution in [0.15, 0.2) is 24.4 Å². The van der Waals surface area contributed by atoms with Gasteiger partial charge in [0.15, 0.2) is 5.69 Å². The lowest BCUT2D eigenvalue weighted by Crippen LogP contribution is -2.15. The summed E-state index contributed by atoms with van der Waals surface area (Å²) in [5.41, 5.74) is 6.67. The van der Waals surface area contributed by atoms with Gasteiger partial charge in [0, 0.05) is 18.3 Å². The van der Waals surface area contributed by atoms with Gasteiger partial charge in [0.25, 0.3) is 5.91 Å². The maximum absolute atomic E-state index is 12.0. The van der Waals surface area contributed by atoms with Crippen LogP contribution in [0.4, 0.5) is 11.4 Å². The molecule has 2 rings (SSSR count). The fourth-order valence-electron chi connectivity index (χ4n) is 1.58. The number of nitrogens with zero attached hydrogens (tertiary/aromatic N) is 3. The van der Waals surface area contributed by atoms with Gasteiger partial charge in [-0.3, -0.25) is 9.48 Å². The fourth-order valence-corrected chi connectivity index (χ4v) is 1.75. The van der Waals surface area contributed by atoms with Crippen molar-refractivity contribution < 1.29 is 4.79 Å². The third kappa shape index (κ3) is 2.67. The van der Waals surface area contributed by atoms with E-state index in [-0.39, 0.29) is 11.4 Å². The molecule has 1 aromatic carbocycles. The third-order valence-electron chi connectivity index (χ3n) is 2.42. The van der Waals surface area contributed by atoms with Crippen molar-refractivity contribution in [1.82, 2.24) is 9.78 Å². The molecule has 1 amide bonds. The molecule has 0 saturated heterocycles. The van der Waals surface area contributed by atoms with E-state index in [4.69, 9.17) is 22.6 Å². The lowest BCUT2D eigenvalue weighted by Gasteiger charge is -2.06. The molecule has 19 heavy (non-hydrogen) atoms. The minimum absolute atomic E-state index is 0.103. The summed E-state index contributed by atoms with van der Waals surface area (Å²) in [4.78, 5) is 12.0. The van der Waals surface area contributed by atoms with Crippen molar-refractivity contribution in [2.24, 2.45) is 7.05 Å². The molecule has 1 heterocycles. The highest BCUT2D eigenvalue weighted by Gasteiger charge is 2.15. The van der Waals surface area contributed by atoms with Gasteiger partial charge in [0.2, 0.25) is 0 Å². The van der Waals surface area contributed by atoms with Crippen molar-refractivity contribution in [2.45, 2.75) is 0 Å². The molecule has 1 aromatic heterocycles. The van der Waals surface area contributed by atoms with Crippen LogP contribution in [0.3, 0.4) is 0 Å². The second-order valence-electron chi connectivity index (χ2n) is 3.86. The Morgan fingerprint density at radius 2 is 2.32 bits per heavy atom. The Hall–Kier alpha value is -2.52. The summed E-state index contributed by atoms with van der Waals surface area (Å²) in [6.07, 6.45) is 1.53. The van der Waals surface area contributed by atoms with Gasteiger partial charge in [-0.25, -0.2) is 0 Å². The SMILES string of the molecule is Cn1cc(N)c(C(=O)Nc2cc(Cl)ccc2C#N)n1. The molecule has 0 fully saturated rings. The van der Waals surface area contributed by atoms with Crippen LogP contribution in [0, 0.1) is 11.3 Å². The number of aryl methyl sites for hydroxylation is 1. The van der Waals surface area contributed by atoms with Crippen molar-refractivity contribution in [1.29, 1.82) is 5.26 Å². The number of amides is 1. The van der Waals surface area contributed by atoms with Gasteiger partial charge >= 0.3 is 0 Å². The Morgan fingerprint density at radius 1 is 1.58 bits per heavy atom.